The van der Waals surface area contributed by atoms with Crippen LogP contribution in [0.25, 0.3) is 0 Å². The highest BCUT2D eigenvalue weighted by Crippen LogP contribution is 2.26. The van der Waals surface area contributed by atoms with Crippen LogP contribution in [0.3, 0.4) is 0 Å². The molecule has 0 aliphatic rings. The van der Waals surface area contributed by atoms with Gasteiger partial charge in [-0.3, -0.25) is 5.84 Å². The van der Waals surface area contributed by atoms with Gasteiger partial charge in [0.2, 0.25) is 0 Å². The van der Waals surface area contributed by atoms with Crippen LogP contribution in [0.2, 0.25) is 5.02 Å². The zero-order chi connectivity index (χ0) is 13.1. The molecule has 2 aromatic carbocycles. The number of benzene rings is 2. The first kappa shape index (κ1) is 13.0. The minimum Gasteiger partial charge on any atom is -0.271 e. The molecule has 0 spiro atoms. The maximum Gasteiger partial charge on any atom is 0.129 e. The van der Waals surface area contributed by atoms with Crippen LogP contribution in [0.5, 0.6) is 0 Å². The topological polar surface area (TPSA) is 38.0 Å². The summed E-state index contributed by atoms with van der Waals surface area (Å²) in [6.07, 6.45) is 0. The molecule has 1 atom stereocenters. The minimum atomic E-state index is -0.386. The van der Waals surface area contributed by atoms with Gasteiger partial charge in [-0.2, -0.15) is 0 Å². The summed E-state index contributed by atoms with van der Waals surface area (Å²) in [4.78, 5) is 0. The van der Waals surface area contributed by atoms with E-state index >= 15 is 0 Å². The van der Waals surface area contributed by atoms with E-state index in [1.807, 2.05) is 31.2 Å². The highest BCUT2D eigenvalue weighted by atomic mass is 35.5. The van der Waals surface area contributed by atoms with Gasteiger partial charge >= 0.3 is 0 Å². The smallest absolute Gasteiger partial charge is 0.129 e. The molecule has 94 valence electrons. The molecule has 1 unspecified atom stereocenters. The molecule has 0 aromatic heterocycles. The van der Waals surface area contributed by atoms with Gasteiger partial charge in [0.15, 0.2) is 0 Å². The van der Waals surface area contributed by atoms with E-state index in [9.17, 15) is 4.39 Å². The van der Waals surface area contributed by atoms with E-state index in [-0.39, 0.29) is 11.9 Å². The quantitative estimate of drug-likeness (QED) is 0.659. The summed E-state index contributed by atoms with van der Waals surface area (Å²) in [5.41, 5.74) is 5.16. The number of rotatable bonds is 3. The third kappa shape index (κ3) is 2.70. The van der Waals surface area contributed by atoms with Crippen LogP contribution in [0.1, 0.15) is 22.7 Å². The molecule has 0 amide bonds. The Morgan fingerprint density at radius 2 is 1.83 bits per heavy atom. The van der Waals surface area contributed by atoms with Gasteiger partial charge in [-0.25, -0.2) is 9.82 Å². The summed E-state index contributed by atoms with van der Waals surface area (Å²) in [7, 11) is 0. The largest absolute Gasteiger partial charge is 0.271 e. The fourth-order valence-corrected chi connectivity index (χ4v) is 2.02. The Balaban J connectivity index is 2.41. The Labute approximate surface area is 111 Å². The highest BCUT2D eigenvalue weighted by molar-refractivity contribution is 6.30. The zero-order valence-electron chi connectivity index (χ0n) is 9.95. The molecule has 0 saturated carbocycles. The molecule has 0 fully saturated rings. The van der Waals surface area contributed by atoms with Gasteiger partial charge in [-0.05, 0) is 24.6 Å². The minimum absolute atomic E-state index is 0.369. The molecule has 2 rings (SSSR count). The van der Waals surface area contributed by atoms with Gasteiger partial charge in [-0.1, -0.05) is 47.5 Å². The number of aryl methyl sites for hydroxylation is 1. The Morgan fingerprint density at radius 1 is 1.17 bits per heavy atom. The molecule has 0 bridgehead atoms. The third-order valence-electron chi connectivity index (χ3n) is 2.85. The monoisotopic (exact) mass is 264 g/mol. The molecular formula is C14H14ClFN2. The molecule has 0 radical (unpaired) electrons. The number of hydrogen-bond acceptors (Lipinski definition) is 2. The van der Waals surface area contributed by atoms with Gasteiger partial charge in [-0.15, -0.1) is 0 Å². The number of halogens is 2. The van der Waals surface area contributed by atoms with Crippen LogP contribution in [-0.4, -0.2) is 0 Å². The summed E-state index contributed by atoms with van der Waals surface area (Å²) in [5, 5.41) is 0.371. The first-order valence-corrected chi connectivity index (χ1v) is 5.97. The van der Waals surface area contributed by atoms with Crippen molar-refractivity contribution in [2.75, 3.05) is 0 Å². The molecule has 0 saturated heterocycles. The van der Waals surface area contributed by atoms with Crippen molar-refractivity contribution in [3.05, 3.63) is 70.0 Å². The summed E-state index contributed by atoms with van der Waals surface area (Å²) < 4.78 is 13.9. The lowest BCUT2D eigenvalue weighted by atomic mass is 9.98. The highest BCUT2D eigenvalue weighted by Gasteiger charge is 2.16. The van der Waals surface area contributed by atoms with Crippen LogP contribution in [0.4, 0.5) is 4.39 Å². The summed E-state index contributed by atoms with van der Waals surface area (Å²) in [5.74, 6) is 5.16. The van der Waals surface area contributed by atoms with E-state index < -0.39 is 0 Å². The predicted octanol–water partition coefficient (Wildman–Crippen LogP) is 3.34. The number of hydrogen-bond donors (Lipinski definition) is 2. The summed E-state index contributed by atoms with van der Waals surface area (Å²) in [6.45, 7) is 2.00. The van der Waals surface area contributed by atoms with Gasteiger partial charge in [0.05, 0.1) is 6.04 Å². The molecule has 18 heavy (non-hydrogen) atoms. The average Bonchev–Trinajstić information content (AvgIpc) is 2.35. The van der Waals surface area contributed by atoms with Crippen molar-refractivity contribution >= 4 is 11.6 Å². The molecule has 0 aliphatic carbocycles. The molecule has 0 aliphatic heterocycles. The molecule has 2 nitrogen and oxygen atoms in total. The van der Waals surface area contributed by atoms with Crippen LogP contribution < -0.4 is 11.3 Å². The van der Waals surface area contributed by atoms with Gasteiger partial charge in [0.25, 0.3) is 0 Å². The fraction of sp³-hybridized carbons (Fsp3) is 0.143. The van der Waals surface area contributed by atoms with Crippen LogP contribution in [-0.2, 0) is 0 Å². The maximum atomic E-state index is 13.9. The predicted molar refractivity (Wildman–Crippen MR) is 71.8 cm³/mol. The van der Waals surface area contributed by atoms with E-state index in [2.05, 4.69) is 5.43 Å². The van der Waals surface area contributed by atoms with Crippen LogP contribution in [0, 0.1) is 12.7 Å². The second-order valence-corrected chi connectivity index (χ2v) is 4.61. The van der Waals surface area contributed by atoms with Crippen molar-refractivity contribution in [3.8, 4) is 0 Å². The van der Waals surface area contributed by atoms with Crippen molar-refractivity contribution in [2.45, 2.75) is 13.0 Å². The second-order valence-electron chi connectivity index (χ2n) is 4.18. The van der Waals surface area contributed by atoms with Gasteiger partial charge in [0.1, 0.15) is 5.82 Å². The number of hydrazine groups is 1. The fourth-order valence-electron chi connectivity index (χ4n) is 1.86. The van der Waals surface area contributed by atoms with E-state index in [1.165, 1.54) is 6.07 Å². The van der Waals surface area contributed by atoms with E-state index in [4.69, 9.17) is 17.4 Å². The zero-order valence-corrected chi connectivity index (χ0v) is 10.7. The first-order chi connectivity index (χ1) is 8.61. The molecular weight excluding hydrogens is 251 g/mol. The Bertz CT molecular complexity index is 540. The summed E-state index contributed by atoms with van der Waals surface area (Å²) in [6, 6.07) is 12.0. The van der Waals surface area contributed by atoms with Crippen molar-refractivity contribution < 1.29 is 4.39 Å². The lowest BCUT2D eigenvalue weighted by Crippen LogP contribution is -2.29. The van der Waals surface area contributed by atoms with Crippen LogP contribution in [0.15, 0.2) is 42.5 Å². The van der Waals surface area contributed by atoms with E-state index in [0.29, 0.717) is 10.6 Å². The van der Waals surface area contributed by atoms with E-state index in [1.54, 1.807) is 12.1 Å². The standard InChI is InChI=1S/C14H14ClFN2/c1-9-2-4-10(5-3-9)14(18-17)12-7-6-11(15)8-13(12)16/h2-8,14,18H,17H2,1H3. The lowest BCUT2D eigenvalue weighted by Gasteiger charge is -2.18. The number of nitrogens with two attached hydrogens (primary N) is 1. The van der Waals surface area contributed by atoms with Gasteiger partial charge in [0, 0.05) is 10.6 Å². The van der Waals surface area contributed by atoms with Crippen molar-refractivity contribution in [1.29, 1.82) is 0 Å². The SMILES string of the molecule is Cc1ccc(C(NN)c2ccc(Cl)cc2F)cc1. The Hall–Kier alpha value is -1.42. The second kappa shape index (κ2) is 5.48. The average molecular weight is 265 g/mol. The lowest BCUT2D eigenvalue weighted by molar-refractivity contribution is 0.560. The Kier molecular flexibility index (Phi) is 3.97. The van der Waals surface area contributed by atoms with Crippen LogP contribution >= 0.6 is 11.6 Å². The third-order valence-corrected chi connectivity index (χ3v) is 3.09. The summed E-state index contributed by atoms with van der Waals surface area (Å²) >= 11 is 5.74. The normalized spacial score (nSPS) is 12.4. The Morgan fingerprint density at radius 3 is 2.39 bits per heavy atom. The molecule has 2 aromatic rings. The van der Waals surface area contributed by atoms with Crippen molar-refractivity contribution in [1.82, 2.24) is 5.43 Å². The van der Waals surface area contributed by atoms with Crippen molar-refractivity contribution in [3.63, 3.8) is 0 Å². The molecule has 3 N–H and O–H groups in total. The molecule has 0 heterocycles. The molecule has 4 heteroatoms. The number of nitrogens with one attached hydrogen (secondary N) is 1. The van der Waals surface area contributed by atoms with Gasteiger partial charge < -0.3 is 0 Å². The van der Waals surface area contributed by atoms with E-state index in [0.717, 1.165) is 11.1 Å². The van der Waals surface area contributed by atoms with Crippen molar-refractivity contribution in [2.24, 2.45) is 5.84 Å². The first-order valence-electron chi connectivity index (χ1n) is 5.59. The maximum absolute atomic E-state index is 13.9.